The molecule has 1 N–H and O–H groups in total. The van der Waals surface area contributed by atoms with Crippen molar-refractivity contribution in [2.24, 2.45) is 0 Å². The number of carbonyl (C=O) groups excluding carboxylic acids is 1. The summed E-state index contributed by atoms with van der Waals surface area (Å²) >= 11 is 0. The van der Waals surface area contributed by atoms with Gasteiger partial charge in [-0.05, 0) is 50.3 Å². The summed E-state index contributed by atoms with van der Waals surface area (Å²) in [4.78, 5) is 23.8. The van der Waals surface area contributed by atoms with E-state index in [-0.39, 0.29) is 5.91 Å². The highest BCUT2D eigenvalue weighted by Gasteiger charge is 2.27. The second-order valence-electron chi connectivity index (χ2n) is 6.94. The van der Waals surface area contributed by atoms with Gasteiger partial charge in [-0.2, -0.15) is 0 Å². The highest BCUT2D eigenvalue weighted by molar-refractivity contribution is 5.93. The highest BCUT2D eigenvalue weighted by atomic mass is 16.5. The molecule has 6 heteroatoms. The Balaban J connectivity index is 1.72. The Hall–Kier alpha value is -2.63. The zero-order chi connectivity index (χ0) is 19.2. The molecule has 1 amide bonds. The lowest BCUT2D eigenvalue weighted by Crippen LogP contribution is -2.43. The minimum absolute atomic E-state index is 0.0135. The first kappa shape index (κ1) is 19.1. The van der Waals surface area contributed by atoms with Gasteiger partial charge in [-0.15, -0.1) is 0 Å². The molecule has 1 aliphatic heterocycles. The predicted molar refractivity (Wildman–Crippen MR) is 106 cm³/mol. The molecular weight excluding hydrogens is 340 g/mol. The molecule has 0 spiro atoms. The molecular formula is C21H28N4O2. The van der Waals surface area contributed by atoms with Crippen molar-refractivity contribution in [1.82, 2.24) is 14.9 Å². The number of piperidine rings is 1. The number of likely N-dealkylation sites (tertiary alicyclic amines) is 1. The van der Waals surface area contributed by atoms with E-state index >= 15 is 0 Å². The molecule has 1 saturated heterocycles. The zero-order valence-electron chi connectivity index (χ0n) is 16.4. The monoisotopic (exact) mass is 368 g/mol. The third-order valence-corrected chi connectivity index (χ3v) is 5.05. The minimum Gasteiger partial charge on any atom is -0.497 e. The molecule has 0 bridgehead atoms. The van der Waals surface area contributed by atoms with E-state index in [1.54, 1.807) is 13.2 Å². The number of aryl methyl sites for hydroxylation is 1. The molecule has 3 rings (SSSR count). The normalized spacial score (nSPS) is 16.9. The van der Waals surface area contributed by atoms with E-state index in [1.807, 2.05) is 36.1 Å². The van der Waals surface area contributed by atoms with Gasteiger partial charge >= 0.3 is 0 Å². The number of nitrogens with zero attached hydrogens (tertiary/aromatic N) is 3. The number of benzene rings is 1. The molecule has 0 saturated carbocycles. The minimum atomic E-state index is 0.0135. The number of anilines is 1. The quantitative estimate of drug-likeness (QED) is 0.840. The third kappa shape index (κ3) is 4.76. The number of ether oxygens (including phenoxy) is 1. The summed E-state index contributed by atoms with van der Waals surface area (Å²) in [6.07, 6.45) is 4.32. The lowest BCUT2D eigenvalue weighted by molar-refractivity contribution is 0.0601. The van der Waals surface area contributed by atoms with E-state index in [0.29, 0.717) is 29.9 Å². The first-order valence-corrected chi connectivity index (χ1v) is 9.64. The van der Waals surface area contributed by atoms with Gasteiger partial charge in [-0.25, -0.2) is 9.97 Å². The average Bonchev–Trinajstić information content (AvgIpc) is 2.71. The summed E-state index contributed by atoms with van der Waals surface area (Å²) in [6.45, 7) is 5.40. The average molecular weight is 368 g/mol. The SMILES string of the molecule is CCC1CCCCN1C(=O)c1cc(NCc2ccc(OC)cc2)nc(C)n1. The number of aromatic nitrogens is 2. The molecule has 144 valence electrons. The molecule has 1 fully saturated rings. The largest absolute Gasteiger partial charge is 0.497 e. The standard InChI is InChI=1S/C21H28N4O2/c1-4-17-7-5-6-12-25(17)21(26)19-13-20(24-15(2)23-19)22-14-16-8-10-18(27-3)11-9-16/h8-11,13,17H,4-7,12,14H2,1-3H3,(H,22,23,24). The number of methoxy groups -OCH3 is 1. The third-order valence-electron chi connectivity index (χ3n) is 5.05. The molecule has 1 atom stereocenters. The topological polar surface area (TPSA) is 67.4 Å². The van der Waals surface area contributed by atoms with Gasteiger partial charge in [0.2, 0.25) is 0 Å². The van der Waals surface area contributed by atoms with Crippen LogP contribution in [0.1, 0.15) is 54.5 Å². The Bertz CT molecular complexity index is 776. The summed E-state index contributed by atoms with van der Waals surface area (Å²) in [7, 11) is 1.65. The van der Waals surface area contributed by atoms with Gasteiger partial charge in [0.05, 0.1) is 7.11 Å². The van der Waals surface area contributed by atoms with Crippen LogP contribution < -0.4 is 10.1 Å². The number of amides is 1. The predicted octanol–water partition coefficient (Wildman–Crippen LogP) is 3.81. The van der Waals surface area contributed by atoms with Crippen molar-refractivity contribution in [2.75, 3.05) is 19.0 Å². The summed E-state index contributed by atoms with van der Waals surface area (Å²) < 4.78 is 5.18. The van der Waals surface area contributed by atoms with Crippen LogP contribution in [0.4, 0.5) is 5.82 Å². The van der Waals surface area contributed by atoms with Crippen molar-refractivity contribution in [3.63, 3.8) is 0 Å². The second-order valence-corrected chi connectivity index (χ2v) is 6.94. The Morgan fingerprint density at radius 2 is 2.04 bits per heavy atom. The first-order valence-electron chi connectivity index (χ1n) is 9.64. The van der Waals surface area contributed by atoms with Crippen LogP contribution in [0.2, 0.25) is 0 Å². The number of hydrogen-bond acceptors (Lipinski definition) is 5. The highest BCUT2D eigenvalue weighted by Crippen LogP contribution is 2.22. The molecule has 1 aromatic carbocycles. The van der Waals surface area contributed by atoms with E-state index < -0.39 is 0 Å². The van der Waals surface area contributed by atoms with Crippen LogP contribution in [0.15, 0.2) is 30.3 Å². The van der Waals surface area contributed by atoms with E-state index in [0.717, 1.165) is 37.1 Å². The van der Waals surface area contributed by atoms with Crippen LogP contribution in [0, 0.1) is 6.92 Å². The first-order chi connectivity index (χ1) is 13.1. The van der Waals surface area contributed by atoms with Crippen molar-refractivity contribution in [1.29, 1.82) is 0 Å². The van der Waals surface area contributed by atoms with Crippen molar-refractivity contribution >= 4 is 11.7 Å². The summed E-state index contributed by atoms with van der Waals surface area (Å²) in [6, 6.07) is 9.95. The van der Waals surface area contributed by atoms with E-state index in [1.165, 1.54) is 6.42 Å². The van der Waals surface area contributed by atoms with Gasteiger partial charge in [-0.3, -0.25) is 4.79 Å². The number of hydrogen-bond donors (Lipinski definition) is 1. The van der Waals surface area contributed by atoms with Gasteiger partial charge in [0.25, 0.3) is 5.91 Å². The lowest BCUT2D eigenvalue weighted by Gasteiger charge is -2.35. The molecule has 27 heavy (non-hydrogen) atoms. The van der Waals surface area contributed by atoms with Crippen molar-refractivity contribution in [3.05, 3.63) is 47.4 Å². The van der Waals surface area contributed by atoms with E-state index in [4.69, 9.17) is 4.74 Å². The maximum Gasteiger partial charge on any atom is 0.272 e. The van der Waals surface area contributed by atoms with Crippen LogP contribution in [0.5, 0.6) is 5.75 Å². The Kier molecular flexibility index (Phi) is 6.27. The molecule has 1 aromatic heterocycles. The van der Waals surface area contributed by atoms with Crippen molar-refractivity contribution < 1.29 is 9.53 Å². The Morgan fingerprint density at radius 1 is 1.26 bits per heavy atom. The number of carbonyl (C=O) groups is 1. The van der Waals surface area contributed by atoms with Crippen molar-refractivity contribution in [2.45, 2.75) is 52.1 Å². The molecule has 1 unspecified atom stereocenters. The van der Waals surface area contributed by atoms with E-state index in [9.17, 15) is 4.79 Å². The molecule has 2 heterocycles. The molecule has 1 aliphatic rings. The van der Waals surface area contributed by atoms with Crippen LogP contribution in [0.25, 0.3) is 0 Å². The molecule has 2 aromatic rings. The van der Waals surface area contributed by atoms with Gasteiger partial charge in [0.15, 0.2) is 0 Å². The fourth-order valence-electron chi connectivity index (χ4n) is 3.54. The number of rotatable bonds is 6. The summed E-state index contributed by atoms with van der Waals surface area (Å²) in [5.74, 6) is 2.12. The van der Waals surface area contributed by atoms with Crippen LogP contribution in [0.3, 0.4) is 0 Å². The fraction of sp³-hybridized carbons (Fsp3) is 0.476. The fourth-order valence-corrected chi connectivity index (χ4v) is 3.54. The Labute approximate surface area is 161 Å². The maximum atomic E-state index is 13.0. The van der Waals surface area contributed by atoms with Gasteiger partial charge in [0.1, 0.15) is 23.1 Å². The number of nitrogens with one attached hydrogen (secondary N) is 1. The molecule has 6 nitrogen and oxygen atoms in total. The maximum absolute atomic E-state index is 13.0. The van der Waals surface area contributed by atoms with Gasteiger partial charge in [-0.1, -0.05) is 19.1 Å². The van der Waals surface area contributed by atoms with Crippen molar-refractivity contribution in [3.8, 4) is 5.75 Å². The zero-order valence-corrected chi connectivity index (χ0v) is 16.4. The smallest absolute Gasteiger partial charge is 0.272 e. The summed E-state index contributed by atoms with van der Waals surface area (Å²) in [5.41, 5.74) is 1.59. The molecule has 0 aliphatic carbocycles. The Morgan fingerprint density at radius 3 is 2.74 bits per heavy atom. The van der Waals surface area contributed by atoms with Gasteiger partial charge < -0.3 is 15.0 Å². The van der Waals surface area contributed by atoms with Crippen LogP contribution in [-0.2, 0) is 6.54 Å². The summed E-state index contributed by atoms with van der Waals surface area (Å²) in [5, 5.41) is 3.30. The van der Waals surface area contributed by atoms with Crippen LogP contribution >= 0.6 is 0 Å². The van der Waals surface area contributed by atoms with Gasteiger partial charge in [0, 0.05) is 25.2 Å². The second kappa shape index (κ2) is 8.84. The van der Waals surface area contributed by atoms with E-state index in [2.05, 4.69) is 22.2 Å². The van der Waals surface area contributed by atoms with Crippen LogP contribution in [-0.4, -0.2) is 40.5 Å². The molecule has 0 radical (unpaired) electrons. The lowest BCUT2D eigenvalue weighted by atomic mass is 9.99.